The zero-order valence-electron chi connectivity index (χ0n) is 14.8. The molecule has 0 saturated carbocycles. The first-order chi connectivity index (χ1) is 11.8. The van der Waals surface area contributed by atoms with E-state index in [2.05, 4.69) is 20.3 Å². The molecule has 3 heterocycles. The third-order valence-corrected chi connectivity index (χ3v) is 3.98. The number of carbonyl (C=O) groups excluding carboxylic acids is 1. The van der Waals surface area contributed by atoms with Crippen LogP contribution in [-0.4, -0.2) is 20.9 Å². The maximum Gasteiger partial charge on any atom is 0.230 e. The van der Waals surface area contributed by atoms with Crippen molar-refractivity contribution in [3.8, 4) is 11.3 Å². The lowest BCUT2D eigenvalue weighted by molar-refractivity contribution is -0.123. The van der Waals surface area contributed by atoms with E-state index < -0.39 is 5.41 Å². The Labute approximate surface area is 146 Å². The Hall–Kier alpha value is -3.02. The number of nitrogens with two attached hydrogens (primary N) is 1. The van der Waals surface area contributed by atoms with Crippen LogP contribution < -0.4 is 11.1 Å². The standard InChI is InChI=1S/C19H21N5O/c1-11-5-6-21-9-13(11)15-7-12-8-16(24-18(25)19(2,3)4)22-10-14(12)17(20)23-15/h5-10H,1-4H3,(H2,20,23)(H,22,24,25). The summed E-state index contributed by atoms with van der Waals surface area (Å²) in [7, 11) is 0. The van der Waals surface area contributed by atoms with Crippen LogP contribution in [0.3, 0.4) is 0 Å². The highest BCUT2D eigenvalue weighted by Gasteiger charge is 2.21. The van der Waals surface area contributed by atoms with Gasteiger partial charge in [-0.15, -0.1) is 0 Å². The molecule has 3 aromatic heterocycles. The van der Waals surface area contributed by atoms with E-state index in [4.69, 9.17) is 5.73 Å². The van der Waals surface area contributed by atoms with Crippen molar-refractivity contribution in [2.24, 2.45) is 5.41 Å². The van der Waals surface area contributed by atoms with Crippen molar-refractivity contribution < 1.29 is 4.79 Å². The van der Waals surface area contributed by atoms with Crippen molar-refractivity contribution in [3.63, 3.8) is 0 Å². The van der Waals surface area contributed by atoms with Gasteiger partial charge < -0.3 is 11.1 Å². The van der Waals surface area contributed by atoms with Gasteiger partial charge in [-0.2, -0.15) is 0 Å². The molecule has 0 aliphatic rings. The number of carbonyl (C=O) groups is 1. The highest BCUT2D eigenvalue weighted by Crippen LogP contribution is 2.28. The van der Waals surface area contributed by atoms with Gasteiger partial charge in [-0.1, -0.05) is 20.8 Å². The van der Waals surface area contributed by atoms with E-state index in [9.17, 15) is 4.79 Å². The second-order valence-electron chi connectivity index (χ2n) is 7.08. The van der Waals surface area contributed by atoms with E-state index in [1.165, 1.54) is 0 Å². The van der Waals surface area contributed by atoms with Gasteiger partial charge in [0.2, 0.25) is 5.91 Å². The predicted octanol–water partition coefficient (Wildman–Crippen LogP) is 3.57. The Morgan fingerprint density at radius 2 is 1.96 bits per heavy atom. The molecular weight excluding hydrogens is 314 g/mol. The van der Waals surface area contributed by atoms with E-state index in [-0.39, 0.29) is 5.91 Å². The van der Waals surface area contributed by atoms with Crippen molar-refractivity contribution in [1.29, 1.82) is 0 Å². The summed E-state index contributed by atoms with van der Waals surface area (Å²) in [5.74, 6) is 0.800. The third-order valence-electron chi connectivity index (χ3n) is 3.98. The van der Waals surface area contributed by atoms with E-state index in [1.54, 1.807) is 18.6 Å². The number of pyridine rings is 3. The summed E-state index contributed by atoms with van der Waals surface area (Å²) < 4.78 is 0. The molecule has 0 aromatic carbocycles. The third kappa shape index (κ3) is 3.42. The molecule has 6 nitrogen and oxygen atoms in total. The van der Waals surface area contributed by atoms with Gasteiger partial charge >= 0.3 is 0 Å². The average molecular weight is 335 g/mol. The lowest BCUT2D eigenvalue weighted by atomic mass is 9.96. The second kappa shape index (κ2) is 6.12. The molecule has 0 spiro atoms. The Morgan fingerprint density at radius 1 is 1.20 bits per heavy atom. The average Bonchev–Trinajstić information content (AvgIpc) is 2.54. The van der Waals surface area contributed by atoms with E-state index >= 15 is 0 Å². The molecule has 3 rings (SSSR count). The number of nitrogens with zero attached hydrogens (tertiary/aromatic N) is 3. The Kier molecular flexibility index (Phi) is 4.12. The number of nitrogens with one attached hydrogen (secondary N) is 1. The van der Waals surface area contributed by atoms with E-state index in [0.29, 0.717) is 11.6 Å². The molecular formula is C19H21N5O. The number of amides is 1. The molecule has 1 amide bonds. The topological polar surface area (TPSA) is 93.8 Å². The quantitative estimate of drug-likeness (QED) is 0.746. The minimum atomic E-state index is -0.494. The Bertz CT molecular complexity index is 960. The fourth-order valence-electron chi connectivity index (χ4n) is 2.42. The molecule has 0 aliphatic heterocycles. The molecule has 0 radical (unpaired) electrons. The Morgan fingerprint density at radius 3 is 2.64 bits per heavy atom. The van der Waals surface area contributed by atoms with Crippen LogP contribution in [0.15, 0.2) is 36.8 Å². The SMILES string of the molecule is Cc1ccncc1-c1cc2cc(NC(=O)C(C)(C)C)ncc2c(N)n1. The Balaban J connectivity index is 2.07. The number of hydrogen-bond acceptors (Lipinski definition) is 5. The minimum absolute atomic E-state index is 0.0929. The number of rotatable bonds is 2. The number of anilines is 2. The van der Waals surface area contributed by atoms with Crippen LogP contribution in [0.2, 0.25) is 0 Å². The van der Waals surface area contributed by atoms with Gasteiger partial charge in [0, 0.05) is 35.0 Å². The summed E-state index contributed by atoms with van der Waals surface area (Å²) in [6, 6.07) is 5.68. The zero-order chi connectivity index (χ0) is 18.2. The lowest BCUT2D eigenvalue weighted by Crippen LogP contribution is -2.27. The summed E-state index contributed by atoms with van der Waals surface area (Å²) in [6.07, 6.45) is 5.15. The van der Waals surface area contributed by atoms with Crippen LogP contribution in [0.5, 0.6) is 0 Å². The molecule has 128 valence electrons. The van der Waals surface area contributed by atoms with Gasteiger partial charge in [0.1, 0.15) is 11.6 Å². The predicted molar refractivity (Wildman–Crippen MR) is 100 cm³/mol. The number of nitrogen functional groups attached to an aromatic ring is 1. The van der Waals surface area contributed by atoms with Gasteiger partial charge in [0.15, 0.2) is 0 Å². The summed E-state index contributed by atoms with van der Waals surface area (Å²) in [4.78, 5) is 25.1. The van der Waals surface area contributed by atoms with Crippen molar-refractivity contribution in [2.75, 3.05) is 11.1 Å². The molecule has 6 heteroatoms. The molecule has 0 saturated heterocycles. The summed E-state index contributed by atoms with van der Waals surface area (Å²) >= 11 is 0. The van der Waals surface area contributed by atoms with E-state index in [0.717, 1.165) is 27.6 Å². The van der Waals surface area contributed by atoms with Crippen LogP contribution in [0.1, 0.15) is 26.3 Å². The summed E-state index contributed by atoms with van der Waals surface area (Å²) in [6.45, 7) is 7.57. The fourth-order valence-corrected chi connectivity index (χ4v) is 2.42. The number of fused-ring (bicyclic) bond motifs is 1. The smallest absolute Gasteiger partial charge is 0.230 e. The first-order valence-corrected chi connectivity index (χ1v) is 8.04. The van der Waals surface area contributed by atoms with Crippen LogP contribution >= 0.6 is 0 Å². The summed E-state index contributed by atoms with van der Waals surface area (Å²) in [5, 5.41) is 4.46. The monoisotopic (exact) mass is 335 g/mol. The van der Waals surface area contributed by atoms with Gasteiger partial charge in [0.25, 0.3) is 0 Å². The normalized spacial score (nSPS) is 11.5. The van der Waals surface area contributed by atoms with Gasteiger partial charge in [-0.3, -0.25) is 9.78 Å². The van der Waals surface area contributed by atoms with Crippen molar-refractivity contribution in [3.05, 3.63) is 42.4 Å². The van der Waals surface area contributed by atoms with E-state index in [1.807, 2.05) is 45.9 Å². The number of hydrogen-bond donors (Lipinski definition) is 2. The maximum atomic E-state index is 12.2. The number of aromatic nitrogens is 3. The minimum Gasteiger partial charge on any atom is -0.383 e. The zero-order valence-corrected chi connectivity index (χ0v) is 14.8. The molecule has 0 bridgehead atoms. The molecule has 0 fully saturated rings. The maximum absolute atomic E-state index is 12.2. The van der Waals surface area contributed by atoms with Crippen LogP contribution in [0.25, 0.3) is 22.0 Å². The van der Waals surface area contributed by atoms with Crippen molar-refractivity contribution in [1.82, 2.24) is 15.0 Å². The van der Waals surface area contributed by atoms with Crippen molar-refractivity contribution >= 4 is 28.3 Å². The largest absolute Gasteiger partial charge is 0.383 e. The lowest BCUT2D eigenvalue weighted by Gasteiger charge is -2.17. The van der Waals surface area contributed by atoms with Gasteiger partial charge in [-0.05, 0) is 36.1 Å². The highest BCUT2D eigenvalue weighted by atomic mass is 16.2. The summed E-state index contributed by atoms with van der Waals surface area (Å²) in [5.41, 5.74) is 8.35. The molecule has 25 heavy (non-hydrogen) atoms. The van der Waals surface area contributed by atoms with Crippen LogP contribution in [-0.2, 0) is 4.79 Å². The molecule has 0 aliphatic carbocycles. The van der Waals surface area contributed by atoms with Crippen LogP contribution in [0.4, 0.5) is 11.6 Å². The molecule has 3 aromatic rings. The number of aryl methyl sites for hydroxylation is 1. The fraction of sp³-hybridized carbons (Fsp3) is 0.263. The van der Waals surface area contributed by atoms with Gasteiger partial charge in [0.05, 0.1) is 5.69 Å². The van der Waals surface area contributed by atoms with Crippen LogP contribution in [0, 0.1) is 12.3 Å². The van der Waals surface area contributed by atoms with Gasteiger partial charge in [-0.25, -0.2) is 9.97 Å². The van der Waals surface area contributed by atoms with Crippen molar-refractivity contribution in [2.45, 2.75) is 27.7 Å². The second-order valence-corrected chi connectivity index (χ2v) is 7.08. The molecule has 0 atom stereocenters. The first kappa shape index (κ1) is 16.8. The first-order valence-electron chi connectivity index (χ1n) is 8.04. The molecule has 0 unspecified atom stereocenters. The highest BCUT2D eigenvalue weighted by molar-refractivity contribution is 5.98. The molecule has 3 N–H and O–H groups in total.